The van der Waals surface area contributed by atoms with E-state index in [4.69, 9.17) is 4.42 Å². The van der Waals surface area contributed by atoms with Crippen LogP contribution in [0, 0.1) is 5.92 Å². The van der Waals surface area contributed by atoms with Crippen molar-refractivity contribution in [2.75, 3.05) is 23.7 Å². The van der Waals surface area contributed by atoms with Crippen LogP contribution in [0.2, 0.25) is 0 Å². The molecule has 0 amide bonds. The monoisotopic (exact) mass is 609 g/mol. The summed E-state index contributed by atoms with van der Waals surface area (Å²) in [5, 5.41) is 10.9. The van der Waals surface area contributed by atoms with E-state index in [2.05, 4.69) is 9.44 Å². The SMILES string of the molecule is CN(C)c1ccc(S(=O)(=O)Nc2cccc(C(c3c(O)cc(CNS(=O)(=O)c4ccccc4)oc3=O)C3CC3)c2)cc1. The summed E-state index contributed by atoms with van der Waals surface area (Å²) in [5.41, 5.74) is 1.08. The normalized spacial score (nSPS) is 14.3. The quantitative estimate of drug-likeness (QED) is 0.229. The number of nitrogens with one attached hydrogen (secondary N) is 2. The minimum absolute atomic E-state index is 0.0444. The summed E-state index contributed by atoms with van der Waals surface area (Å²) in [4.78, 5) is 15.2. The Morgan fingerprint density at radius 2 is 1.55 bits per heavy atom. The summed E-state index contributed by atoms with van der Waals surface area (Å²) in [7, 11) is -4.01. The highest BCUT2D eigenvalue weighted by molar-refractivity contribution is 7.92. The van der Waals surface area contributed by atoms with Crippen LogP contribution in [0.5, 0.6) is 5.75 Å². The molecular weight excluding hydrogens is 578 g/mol. The summed E-state index contributed by atoms with van der Waals surface area (Å²) in [6.45, 7) is -0.332. The van der Waals surface area contributed by atoms with Gasteiger partial charge in [-0.25, -0.2) is 26.4 Å². The minimum Gasteiger partial charge on any atom is -0.507 e. The Bertz CT molecular complexity index is 1850. The van der Waals surface area contributed by atoms with E-state index in [1.807, 2.05) is 19.0 Å². The molecule has 10 nitrogen and oxygen atoms in total. The maximum atomic E-state index is 13.2. The Labute approximate surface area is 244 Å². The molecule has 1 fully saturated rings. The number of hydrogen-bond acceptors (Lipinski definition) is 8. The highest BCUT2D eigenvalue weighted by atomic mass is 32.2. The minimum atomic E-state index is -3.88. The van der Waals surface area contributed by atoms with Gasteiger partial charge in [-0.3, -0.25) is 4.72 Å². The molecule has 1 aliphatic rings. The lowest BCUT2D eigenvalue weighted by atomic mass is 9.87. The van der Waals surface area contributed by atoms with Gasteiger partial charge in [-0.15, -0.1) is 0 Å². The van der Waals surface area contributed by atoms with E-state index in [1.165, 1.54) is 30.3 Å². The van der Waals surface area contributed by atoms with Crippen LogP contribution in [0.25, 0.3) is 0 Å². The van der Waals surface area contributed by atoms with Crippen molar-refractivity contribution in [3.05, 3.63) is 112 Å². The predicted molar refractivity (Wildman–Crippen MR) is 160 cm³/mol. The van der Waals surface area contributed by atoms with Gasteiger partial charge in [0.1, 0.15) is 11.5 Å². The molecule has 42 heavy (non-hydrogen) atoms. The number of anilines is 2. The summed E-state index contributed by atoms with van der Waals surface area (Å²) in [5.74, 6) is -0.854. The van der Waals surface area contributed by atoms with Crippen molar-refractivity contribution < 1.29 is 26.4 Å². The number of sulfonamides is 2. The van der Waals surface area contributed by atoms with Crippen molar-refractivity contribution in [2.45, 2.75) is 35.1 Å². The lowest BCUT2D eigenvalue weighted by Gasteiger charge is -2.19. The summed E-state index contributed by atoms with van der Waals surface area (Å²) in [6, 6.07) is 22.2. The van der Waals surface area contributed by atoms with E-state index in [9.17, 15) is 26.7 Å². The Morgan fingerprint density at radius 3 is 2.17 bits per heavy atom. The number of aromatic hydroxyl groups is 1. The molecule has 12 heteroatoms. The average Bonchev–Trinajstić information content (AvgIpc) is 3.79. The third-order valence-electron chi connectivity index (χ3n) is 7.07. The molecule has 3 aromatic carbocycles. The number of rotatable bonds is 11. The second kappa shape index (κ2) is 11.6. The van der Waals surface area contributed by atoms with Crippen LogP contribution in [-0.4, -0.2) is 36.0 Å². The summed E-state index contributed by atoms with van der Waals surface area (Å²) in [6.07, 6.45) is 1.63. The molecule has 0 bridgehead atoms. The standard InChI is InChI=1S/C30H31N3O7S2/c1-33(2)23-13-15-26(16-14-23)42(38,39)32-22-8-6-7-21(17-22)28(20-11-12-20)29-27(34)18-24(40-30(29)35)19-31-41(36,37)25-9-4-3-5-10-25/h3-10,13-18,20,28,31-32,34H,11-12,19H2,1-2H3. The first-order valence-electron chi connectivity index (χ1n) is 13.3. The fraction of sp³-hybridized carbons (Fsp3) is 0.233. The van der Waals surface area contributed by atoms with E-state index in [-0.39, 0.29) is 39.3 Å². The van der Waals surface area contributed by atoms with Gasteiger partial charge in [0.15, 0.2) is 0 Å². The van der Waals surface area contributed by atoms with Crippen molar-refractivity contribution in [1.82, 2.24) is 4.72 Å². The first-order valence-corrected chi connectivity index (χ1v) is 16.2. The first-order chi connectivity index (χ1) is 19.9. The van der Waals surface area contributed by atoms with Gasteiger partial charge in [0.05, 0.1) is 21.9 Å². The Hall–Kier alpha value is -4.13. The van der Waals surface area contributed by atoms with Gasteiger partial charge in [0.25, 0.3) is 10.0 Å². The largest absolute Gasteiger partial charge is 0.507 e. The molecule has 1 aromatic heterocycles. The van der Waals surface area contributed by atoms with Crippen LogP contribution in [0.1, 0.15) is 35.6 Å². The van der Waals surface area contributed by atoms with Gasteiger partial charge >= 0.3 is 5.63 Å². The molecule has 1 atom stereocenters. The van der Waals surface area contributed by atoms with Gasteiger partial charge in [-0.1, -0.05) is 30.3 Å². The molecule has 0 radical (unpaired) electrons. The molecule has 0 saturated heterocycles. The topological polar surface area (TPSA) is 146 Å². The average molecular weight is 610 g/mol. The second-order valence-corrected chi connectivity index (χ2v) is 13.8. The van der Waals surface area contributed by atoms with Gasteiger partial charge in [-0.05, 0) is 72.9 Å². The predicted octanol–water partition coefficient (Wildman–Crippen LogP) is 4.23. The van der Waals surface area contributed by atoms with Crippen molar-refractivity contribution in [3.63, 3.8) is 0 Å². The number of benzene rings is 3. The highest BCUT2D eigenvalue weighted by Gasteiger charge is 2.37. The van der Waals surface area contributed by atoms with Crippen molar-refractivity contribution in [2.24, 2.45) is 5.92 Å². The molecule has 0 aliphatic heterocycles. The van der Waals surface area contributed by atoms with Crippen molar-refractivity contribution in [3.8, 4) is 5.75 Å². The first kappa shape index (κ1) is 29.4. The molecule has 220 valence electrons. The van der Waals surface area contributed by atoms with Gasteiger partial charge < -0.3 is 14.4 Å². The Balaban J connectivity index is 1.39. The Morgan fingerprint density at radius 1 is 0.881 bits per heavy atom. The van der Waals surface area contributed by atoms with Crippen molar-refractivity contribution >= 4 is 31.4 Å². The van der Waals surface area contributed by atoms with E-state index >= 15 is 0 Å². The van der Waals surface area contributed by atoms with Crippen LogP contribution in [0.4, 0.5) is 11.4 Å². The fourth-order valence-electron chi connectivity index (χ4n) is 4.80. The smallest absolute Gasteiger partial charge is 0.343 e. The second-order valence-electron chi connectivity index (χ2n) is 10.4. The van der Waals surface area contributed by atoms with Crippen LogP contribution in [-0.2, 0) is 26.6 Å². The van der Waals surface area contributed by atoms with Gasteiger partial charge in [0, 0.05) is 37.5 Å². The maximum absolute atomic E-state index is 13.2. The fourth-order valence-corrected chi connectivity index (χ4v) is 6.86. The molecule has 1 unspecified atom stereocenters. The zero-order valence-corrected chi connectivity index (χ0v) is 24.7. The summed E-state index contributed by atoms with van der Waals surface area (Å²) >= 11 is 0. The molecule has 1 aliphatic carbocycles. The van der Waals surface area contributed by atoms with Gasteiger partial charge in [0.2, 0.25) is 10.0 Å². The van der Waals surface area contributed by atoms with E-state index in [0.29, 0.717) is 11.3 Å². The molecule has 5 rings (SSSR count). The maximum Gasteiger partial charge on any atom is 0.343 e. The van der Waals surface area contributed by atoms with Crippen LogP contribution >= 0.6 is 0 Å². The number of nitrogens with zero attached hydrogens (tertiary/aromatic N) is 1. The molecule has 1 saturated carbocycles. The zero-order chi connectivity index (χ0) is 30.1. The van der Waals surface area contributed by atoms with Crippen LogP contribution < -0.4 is 20.0 Å². The van der Waals surface area contributed by atoms with Crippen LogP contribution in [0.3, 0.4) is 0 Å². The van der Waals surface area contributed by atoms with E-state index in [0.717, 1.165) is 18.5 Å². The van der Waals surface area contributed by atoms with Crippen LogP contribution in [0.15, 0.2) is 104 Å². The number of hydrogen-bond donors (Lipinski definition) is 3. The highest BCUT2D eigenvalue weighted by Crippen LogP contribution is 2.48. The van der Waals surface area contributed by atoms with E-state index in [1.54, 1.807) is 54.6 Å². The van der Waals surface area contributed by atoms with Crippen molar-refractivity contribution in [1.29, 1.82) is 0 Å². The lowest BCUT2D eigenvalue weighted by molar-refractivity contribution is 0.401. The molecule has 3 N–H and O–H groups in total. The molecule has 4 aromatic rings. The lowest BCUT2D eigenvalue weighted by Crippen LogP contribution is -2.24. The molecular formula is C30H31N3O7S2. The van der Waals surface area contributed by atoms with Gasteiger partial charge in [-0.2, -0.15) is 0 Å². The summed E-state index contributed by atoms with van der Waals surface area (Å²) < 4.78 is 61.7. The molecule has 1 heterocycles. The third kappa shape index (κ3) is 6.51. The van der Waals surface area contributed by atoms with E-state index < -0.39 is 31.6 Å². The zero-order valence-electron chi connectivity index (χ0n) is 23.0. The molecule has 0 spiro atoms. The Kier molecular flexibility index (Phi) is 8.13. The third-order valence-corrected chi connectivity index (χ3v) is 9.89.